The van der Waals surface area contributed by atoms with Crippen LogP contribution in [-0.2, 0) is 9.59 Å². The van der Waals surface area contributed by atoms with Crippen LogP contribution in [0.25, 0.3) is 10.6 Å². The lowest BCUT2D eigenvalue weighted by Gasteiger charge is -2.22. The average molecular weight is 403 g/mol. The van der Waals surface area contributed by atoms with Crippen LogP contribution in [0.4, 0.5) is 5.13 Å². The van der Waals surface area contributed by atoms with E-state index in [0.717, 1.165) is 37.0 Å². The highest BCUT2D eigenvalue weighted by molar-refractivity contribution is 7.18. The Morgan fingerprint density at radius 3 is 2.64 bits per heavy atom. The number of aromatic nitrogens is 2. The number of anilines is 1. The van der Waals surface area contributed by atoms with Crippen LogP contribution in [0.2, 0.25) is 0 Å². The molecule has 0 saturated heterocycles. The molecule has 0 unspecified atom stereocenters. The van der Waals surface area contributed by atoms with E-state index in [0.29, 0.717) is 10.1 Å². The second-order valence-electron chi connectivity index (χ2n) is 7.35. The van der Waals surface area contributed by atoms with E-state index in [2.05, 4.69) is 20.8 Å². The van der Waals surface area contributed by atoms with Gasteiger partial charge in [0, 0.05) is 11.5 Å². The van der Waals surface area contributed by atoms with Crippen LogP contribution in [0.5, 0.6) is 5.75 Å². The number of hydrogen-bond acceptors (Lipinski definition) is 6. The van der Waals surface area contributed by atoms with Crippen LogP contribution in [0.1, 0.15) is 39.5 Å². The number of carbonyl (C=O) groups excluding carboxylic acids is 2. The lowest BCUT2D eigenvalue weighted by molar-refractivity contribution is -0.130. The van der Waals surface area contributed by atoms with E-state index in [1.807, 2.05) is 38.1 Å². The van der Waals surface area contributed by atoms with Gasteiger partial charge in [0.25, 0.3) is 0 Å². The molecule has 1 heterocycles. The summed E-state index contributed by atoms with van der Waals surface area (Å²) in [4.78, 5) is 25.2. The zero-order valence-electron chi connectivity index (χ0n) is 16.4. The summed E-state index contributed by atoms with van der Waals surface area (Å²) >= 11 is 1.28. The number of ether oxygens (including phenoxy) is 1. The third-order valence-corrected chi connectivity index (χ3v) is 5.83. The quantitative estimate of drug-likeness (QED) is 0.739. The summed E-state index contributed by atoms with van der Waals surface area (Å²) in [5.74, 6) is 0.425. The molecule has 1 aliphatic rings. The van der Waals surface area contributed by atoms with Crippen molar-refractivity contribution in [3.05, 3.63) is 24.3 Å². The predicted octanol–water partition coefficient (Wildman–Crippen LogP) is 3.48. The SMILES string of the molecule is COc1cccc(-c2nnc(NC(=O)[C@H](NC(=O)C3CCCC3)C(C)C)s2)c1. The first-order valence-corrected chi connectivity index (χ1v) is 10.4. The van der Waals surface area contributed by atoms with Crippen molar-refractivity contribution in [3.63, 3.8) is 0 Å². The number of methoxy groups -OCH3 is 1. The van der Waals surface area contributed by atoms with E-state index in [1.165, 1.54) is 11.3 Å². The molecule has 1 fully saturated rings. The van der Waals surface area contributed by atoms with Crippen molar-refractivity contribution in [1.29, 1.82) is 0 Å². The summed E-state index contributed by atoms with van der Waals surface area (Å²) in [6, 6.07) is 6.91. The average Bonchev–Trinajstić information content (AvgIpc) is 3.37. The fraction of sp³-hybridized carbons (Fsp3) is 0.500. The number of benzene rings is 1. The van der Waals surface area contributed by atoms with Crippen LogP contribution >= 0.6 is 11.3 Å². The summed E-state index contributed by atoms with van der Waals surface area (Å²) in [6.07, 6.45) is 3.96. The first-order valence-electron chi connectivity index (χ1n) is 9.57. The topological polar surface area (TPSA) is 93.2 Å². The Morgan fingerprint density at radius 1 is 1.21 bits per heavy atom. The van der Waals surface area contributed by atoms with Crippen molar-refractivity contribution in [2.75, 3.05) is 12.4 Å². The number of nitrogens with zero attached hydrogens (tertiary/aromatic N) is 2. The molecule has 7 nitrogen and oxygen atoms in total. The number of nitrogens with one attached hydrogen (secondary N) is 2. The van der Waals surface area contributed by atoms with Gasteiger partial charge in [-0.2, -0.15) is 0 Å². The Morgan fingerprint density at radius 2 is 1.96 bits per heavy atom. The van der Waals surface area contributed by atoms with Gasteiger partial charge in [-0.15, -0.1) is 10.2 Å². The molecule has 0 bridgehead atoms. The zero-order chi connectivity index (χ0) is 20.1. The number of hydrogen-bond donors (Lipinski definition) is 2. The van der Waals surface area contributed by atoms with Gasteiger partial charge in [0.2, 0.25) is 16.9 Å². The highest BCUT2D eigenvalue weighted by Gasteiger charge is 2.29. The van der Waals surface area contributed by atoms with Crippen molar-refractivity contribution in [2.24, 2.45) is 11.8 Å². The lowest BCUT2D eigenvalue weighted by atomic mass is 10.0. The molecule has 8 heteroatoms. The maximum absolute atomic E-state index is 12.7. The summed E-state index contributed by atoms with van der Waals surface area (Å²) in [5, 5.41) is 15.0. The monoisotopic (exact) mass is 402 g/mol. The molecule has 0 radical (unpaired) electrons. The molecule has 1 aromatic heterocycles. The molecule has 2 amide bonds. The Kier molecular flexibility index (Phi) is 6.61. The Labute approximate surface area is 168 Å². The molecule has 28 heavy (non-hydrogen) atoms. The molecule has 2 N–H and O–H groups in total. The molecule has 1 atom stereocenters. The van der Waals surface area contributed by atoms with Crippen molar-refractivity contribution >= 4 is 28.3 Å². The molecule has 2 aromatic rings. The van der Waals surface area contributed by atoms with Gasteiger partial charge in [0.1, 0.15) is 16.8 Å². The summed E-state index contributed by atoms with van der Waals surface area (Å²) in [6.45, 7) is 3.84. The maximum atomic E-state index is 12.7. The Bertz CT molecular complexity index is 830. The predicted molar refractivity (Wildman–Crippen MR) is 109 cm³/mol. The number of amides is 2. The maximum Gasteiger partial charge on any atom is 0.249 e. The number of carbonyl (C=O) groups is 2. The first-order chi connectivity index (χ1) is 13.5. The smallest absolute Gasteiger partial charge is 0.249 e. The normalized spacial score (nSPS) is 15.4. The van der Waals surface area contributed by atoms with Gasteiger partial charge in [-0.25, -0.2) is 0 Å². The lowest BCUT2D eigenvalue weighted by Crippen LogP contribution is -2.48. The van der Waals surface area contributed by atoms with Gasteiger partial charge in [0.05, 0.1) is 7.11 Å². The van der Waals surface area contributed by atoms with Crippen LogP contribution in [0, 0.1) is 11.8 Å². The van der Waals surface area contributed by atoms with Crippen molar-refractivity contribution in [2.45, 2.75) is 45.6 Å². The minimum absolute atomic E-state index is 0.0234. The van der Waals surface area contributed by atoms with E-state index in [4.69, 9.17) is 4.74 Å². The first kappa shape index (κ1) is 20.3. The molecule has 0 aliphatic heterocycles. The van der Waals surface area contributed by atoms with E-state index >= 15 is 0 Å². The van der Waals surface area contributed by atoms with Gasteiger partial charge in [-0.3, -0.25) is 14.9 Å². The van der Waals surface area contributed by atoms with Crippen LogP contribution in [-0.4, -0.2) is 35.2 Å². The van der Waals surface area contributed by atoms with Crippen LogP contribution in [0.15, 0.2) is 24.3 Å². The molecular formula is C20H26N4O3S. The third-order valence-electron chi connectivity index (χ3n) is 4.94. The highest BCUT2D eigenvalue weighted by atomic mass is 32.1. The minimum atomic E-state index is -0.600. The largest absolute Gasteiger partial charge is 0.497 e. The Hall–Kier alpha value is -2.48. The molecule has 1 aromatic carbocycles. The molecule has 1 aliphatic carbocycles. The van der Waals surface area contributed by atoms with Gasteiger partial charge in [-0.1, -0.05) is 50.2 Å². The van der Waals surface area contributed by atoms with E-state index < -0.39 is 6.04 Å². The fourth-order valence-corrected chi connectivity index (χ4v) is 4.07. The van der Waals surface area contributed by atoms with Crippen molar-refractivity contribution in [3.8, 4) is 16.3 Å². The second-order valence-corrected chi connectivity index (χ2v) is 8.32. The summed E-state index contributed by atoms with van der Waals surface area (Å²) < 4.78 is 5.23. The van der Waals surface area contributed by atoms with E-state index in [1.54, 1.807) is 7.11 Å². The highest BCUT2D eigenvalue weighted by Crippen LogP contribution is 2.29. The minimum Gasteiger partial charge on any atom is -0.497 e. The summed E-state index contributed by atoms with van der Waals surface area (Å²) in [5.41, 5.74) is 0.868. The van der Waals surface area contributed by atoms with Gasteiger partial charge < -0.3 is 10.1 Å². The number of rotatable bonds is 7. The molecule has 0 spiro atoms. The molecule has 1 saturated carbocycles. The second kappa shape index (κ2) is 9.14. The van der Waals surface area contributed by atoms with Crippen LogP contribution < -0.4 is 15.4 Å². The fourth-order valence-electron chi connectivity index (χ4n) is 3.32. The summed E-state index contributed by atoms with van der Waals surface area (Å²) in [7, 11) is 1.61. The van der Waals surface area contributed by atoms with E-state index in [-0.39, 0.29) is 23.7 Å². The standard InChI is InChI=1S/C20H26N4O3S/c1-12(2)16(21-17(25)13-7-4-5-8-13)18(26)22-20-24-23-19(28-20)14-9-6-10-15(11-14)27-3/h6,9-13,16H,4-5,7-8H2,1-3H3,(H,21,25)(H,22,24,26)/t16-/m1/s1. The van der Waals surface area contributed by atoms with Gasteiger partial charge in [0.15, 0.2) is 0 Å². The molecule has 150 valence electrons. The van der Waals surface area contributed by atoms with Crippen LogP contribution in [0.3, 0.4) is 0 Å². The van der Waals surface area contributed by atoms with Crippen molar-refractivity contribution in [1.82, 2.24) is 15.5 Å². The molecular weight excluding hydrogens is 376 g/mol. The zero-order valence-corrected chi connectivity index (χ0v) is 17.2. The van der Waals surface area contributed by atoms with Crippen molar-refractivity contribution < 1.29 is 14.3 Å². The Balaban J connectivity index is 1.66. The van der Waals surface area contributed by atoms with E-state index in [9.17, 15) is 9.59 Å². The third kappa shape index (κ3) is 4.86. The van der Waals surface area contributed by atoms with Gasteiger partial charge >= 0.3 is 0 Å². The molecule has 3 rings (SSSR count). The van der Waals surface area contributed by atoms with Gasteiger partial charge in [-0.05, 0) is 30.9 Å².